The maximum absolute atomic E-state index is 13.1. The lowest BCUT2D eigenvalue weighted by Gasteiger charge is -2.32. The first kappa shape index (κ1) is 18.2. The summed E-state index contributed by atoms with van der Waals surface area (Å²) in [5.74, 6) is 0. The highest BCUT2D eigenvalue weighted by Crippen LogP contribution is 2.33. The van der Waals surface area contributed by atoms with Crippen molar-refractivity contribution < 1.29 is 4.79 Å². The van der Waals surface area contributed by atoms with Gasteiger partial charge >= 0.3 is 6.03 Å². The fourth-order valence-electron chi connectivity index (χ4n) is 4.52. The van der Waals surface area contributed by atoms with Gasteiger partial charge in [-0.05, 0) is 60.0 Å². The number of aromatic nitrogens is 2. The summed E-state index contributed by atoms with van der Waals surface area (Å²) in [6.07, 6.45) is 7.79. The van der Waals surface area contributed by atoms with Crippen LogP contribution in [-0.4, -0.2) is 58.8 Å². The van der Waals surface area contributed by atoms with E-state index in [0.717, 1.165) is 43.6 Å². The third-order valence-corrected chi connectivity index (χ3v) is 5.99. The minimum Gasteiger partial charge on any atom is -0.335 e. The second-order valence-corrected chi connectivity index (χ2v) is 7.98. The predicted molar refractivity (Wildman–Crippen MR) is 99.6 cm³/mol. The van der Waals surface area contributed by atoms with Crippen molar-refractivity contribution in [2.24, 2.45) is 0 Å². The van der Waals surface area contributed by atoms with Crippen molar-refractivity contribution in [1.82, 2.24) is 25.3 Å². The minimum absolute atomic E-state index is 0.108. The summed E-state index contributed by atoms with van der Waals surface area (Å²) >= 11 is 0. The molecule has 1 saturated carbocycles. The topological polar surface area (TPSA) is 64.3 Å². The quantitative estimate of drug-likeness (QED) is 0.883. The summed E-state index contributed by atoms with van der Waals surface area (Å²) in [6, 6.07) is 1.14. The number of aromatic amines is 1. The molecule has 2 heterocycles. The molecule has 2 N–H and O–H groups in total. The zero-order valence-electron chi connectivity index (χ0n) is 16.1. The standard InChI is InChI=1S/C19H33N5O/c1-13-18(14(2)22-21-13)17-8-6-5-7-11-24(17)19(25)20-15-9-10-16(12-15)23(3)4/h15-17H,5-12H2,1-4H3,(H,20,25)(H,21,22)/t15-,16+,17+/m1/s1. The van der Waals surface area contributed by atoms with Crippen LogP contribution < -0.4 is 5.32 Å². The lowest BCUT2D eigenvalue weighted by Crippen LogP contribution is -2.46. The van der Waals surface area contributed by atoms with Gasteiger partial charge in [0.05, 0.1) is 11.7 Å². The van der Waals surface area contributed by atoms with E-state index in [9.17, 15) is 4.79 Å². The van der Waals surface area contributed by atoms with E-state index in [2.05, 4.69) is 46.3 Å². The van der Waals surface area contributed by atoms with Crippen LogP contribution >= 0.6 is 0 Å². The molecule has 6 heteroatoms. The number of aryl methyl sites for hydroxylation is 2. The Morgan fingerprint density at radius 2 is 2.00 bits per heavy atom. The van der Waals surface area contributed by atoms with E-state index in [0.29, 0.717) is 12.1 Å². The number of urea groups is 1. The molecule has 3 atom stereocenters. The number of carbonyl (C=O) groups is 1. The van der Waals surface area contributed by atoms with Gasteiger partial charge in [-0.1, -0.05) is 12.8 Å². The third-order valence-electron chi connectivity index (χ3n) is 5.99. The fourth-order valence-corrected chi connectivity index (χ4v) is 4.52. The van der Waals surface area contributed by atoms with E-state index < -0.39 is 0 Å². The minimum atomic E-state index is 0.108. The largest absolute Gasteiger partial charge is 0.335 e. The average molecular weight is 348 g/mol. The molecule has 6 nitrogen and oxygen atoms in total. The average Bonchev–Trinajstić information content (AvgIpc) is 3.07. The van der Waals surface area contributed by atoms with Gasteiger partial charge in [0.25, 0.3) is 0 Å². The van der Waals surface area contributed by atoms with E-state index in [1.807, 2.05) is 6.92 Å². The molecule has 3 rings (SSSR count). The van der Waals surface area contributed by atoms with Crippen molar-refractivity contribution in [3.63, 3.8) is 0 Å². The summed E-state index contributed by atoms with van der Waals surface area (Å²) in [6.45, 7) is 4.94. The maximum atomic E-state index is 13.1. The third kappa shape index (κ3) is 4.00. The molecule has 0 unspecified atom stereocenters. The molecule has 2 amide bonds. The lowest BCUT2D eigenvalue weighted by atomic mass is 9.99. The number of rotatable bonds is 3. The Hall–Kier alpha value is -1.56. The first-order chi connectivity index (χ1) is 12.0. The first-order valence-corrected chi connectivity index (χ1v) is 9.72. The predicted octanol–water partition coefficient (Wildman–Crippen LogP) is 3.14. The monoisotopic (exact) mass is 347 g/mol. The number of hydrogen-bond acceptors (Lipinski definition) is 3. The highest BCUT2D eigenvalue weighted by molar-refractivity contribution is 5.75. The molecule has 2 aliphatic rings. The summed E-state index contributed by atoms with van der Waals surface area (Å²) < 4.78 is 0. The number of amides is 2. The van der Waals surface area contributed by atoms with Crippen molar-refractivity contribution in [2.75, 3.05) is 20.6 Å². The van der Waals surface area contributed by atoms with Gasteiger partial charge in [0.15, 0.2) is 0 Å². The van der Waals surface area contributed by atoms with Crippen LogP contribution in [0.3, 0.4) is 0 Å². The number of hydrogen-bond donors (Lipinski definition) is 2. The Balaban J connectivity index is 1.72. The van der Waals surface area contributed by atoms with Crippen LogP contribution in [-0.2, 0) is 0 Å². The van der Waals surface area contributed by atoms with Crippen LogP contribution in [0.5, 0.6) is 0 Å². The van der Waals surface area contributed by atoms with Gasteiger partial charge in [-0.15, -0.1) is 0 Å². The van der Waals surface area contributed by atoms with E-state index in [4.69, 9.17) is 0 Å². The van der Waals surface area contributed by atoms with Crippen molar-refractivity contribution in [1.29, 1.82) is 0 Å². The SMILES string of the molecule is Cc1n[nH]c(C)c1[C@@H]1CCCCCN1C(=O)N[C@@H]1CC[C@H](N(C)C)C1. The number of likely N-dealkylation sites (tertiary alicyclic amines) is 1. The molecule has 140 valence electrons. The second kappa shape index (κ2) is 7.77. The van der Waals surface area contributed by atoms with E-state index in [1.54, 1.807) is 0 Å². The van der Waals surface area contributed by atoms with Gasteiger partial charge in [-0.2, -0.15) is 5.10 Å². The number of H-pyrrole nitrogens is 1. The molecular formula is C19H33N5O. The van der Waals surface area contributed by atoms with Crippen LogP contribution in [0.4, 0.5) is 4.79 Å². The Morgan fingerprint density at radius 3 is 2.64 bits per heavy atom. The smallest absolute Gasteiger partial charge is 0.318 e. The van der Waals surface area contributed by atoms with E-state index >= 15 is 0 Å². The Morgan fingerprint density at radius 1 is 1.20 bits per heavy atom. The van der Waals surface area contributed by atoms with Crippen LogP contribution in [0.1, 0.15) is 67.9 Å². The molecule has 1 aliphatic carbocycles. The van der Waals surface area contributed by atoms with Gasteiger partial charge in [-0.3, -0.25) is 5.10 Å². The van der Waals surface area contributed by atoms with Crippen LogP contribution in [0.2, 0.25) is 0 Å². The van der Waals surface area contributed by atoms with Crippen molar-refractivity contribution in [3.8, 4) is 0 Å². The van der Waals surface area contributed by atoms with Gasteiger partial charge in [-0.25, -0.2) is 4.79 Å². The summed E-state index contributed by atoms with van der Waals surface area (Å²) in [5.41, 5.74) is 3.33. The second-order valence-electron chi connectivity index (χ2n) is 7.98. The zero-order chi connectivity index (χ0) is 18.0. The van der Waals surface area contributed by atoms with Gasteiger partial charge < -0.3 is 15.1 Å². The Kier molecular flexibility index (Phi) is 5.67. The first-order valence-electron chi connectivity index (χ1n) is 9.72. The van der Waals surface area contributed by atoms with Gasteiger partial charge in [0.2, 0.25) is 0 Å². The number of nitrogens with one attached hydrogen (secondary N) is 2. The number of nitrogens with zero attached hydrogens (tertiary/aromatic N) is 3. The summed E-state index contributed by atoms with van der Waals surface area (Å²) in [7, 11) is 4.26. The zero-order valence-corrected chi connectivity index (χ0v) is 16.1. The maximum Gasteiger partial charge on any atom is 0.318 e. The van der Waals surface area contributed by atoms with Crippen molar-refractivity contribution in [3.05, 3.63) is 17.0 Å². The molecule has 2 fully saturated rings. The Bertz CT molecular complexity index is 577. The van der Waals surface area contributed by atoms with Gasteiger partial charge in [0.1, 0.15) is 0 Å². The number of carbonyl (C=O) groups excluding carboxylic acids is 1. The molecule has 0 radical (unpaired) electrons. The van der Waals surface area contributed by atoms with E-state index in [1.165, 1.54) is 24.8 Å². The molecule has 0 bridgehead atoms. The molecule has 0 spiro atoms. The molecule has 25 heavy (non-hydrogen) atoms. The molecule has 1 aliphatic heterocycles. The normalized spacial score (nSPS) is 27.6. The highest BCUT2D eigenvalue weighted by Gasteiger charge is 2.33. The van der Waals surface area contributed by atoms with Crippen LogP contribution in [0.15, 0.2) is 0 Å². The van der Waals surface area contributed by atoms with Crippen LogP contribution in [0, 0.1) is 13.8 Å². The van der Waals surface area contributed by atoms with Gasteiger partial charge in [0, 0.05) is 29.9 Å². The fraction of sp³-hybridized carbons (Fsp3) is 0.789. The molecule has 1 aromatic heterocycles. The molecular weight excluding hydrogens is 314 g/mol. The van der Waals surface area contributed by atoms with Crippen LogP contribution in [0.25, 0.3) is 0 Å². The van der Waals surface area contributed by atoms with Crippen molar-refractivity contribution in [2.45, 2.75) is 76.9 Å². The Labute approximate surface area is 151 Å². The molecule has 1 saturated heterocycles. The summed E-state index contributed by atoms with van der Waals surface area (Å²) in [4.78, 5) is 17.4. The highest BCUT2D eigenvalue weighted by atomic mass is 16.2. The molecule has 0 aromatic carbocycles. The lowest BCUT2D eigenvalue weighted by molar-refractivity contribution is 0.171. The molecule has 1 aromatic rings. The summed E-state index contributed by atoms with van der Waals surface area (Å²) in [5, 5.41) is 10.8. The van der Waals surface area contributed by atoms with E-state index in [-0.39, 0.29) is 12.1 Å². The van der Waals surface area contributed by atoms with Crippen molar-refractivity contribution >= 4 is 6.03 Å².